The fraction of sp³-hybridized carbons (Fsp3) is 0.250. The lowest BCUT2D eigenvalue weighted by Crippen LogP contribution is -2.48. The van der Waals surface area contributed by atoms with Gasteiger partial charge >= 0.3 is 0 Å². The maximum absolute atomic E-state index is 13.1. The molecule has 3 aromatic rings. The molecule has 29 heavy (non-hydrogen) atoms. The summed E-state index contributed by atoms with van der Waals surface area (Å²) in [5.74, 6) is -0.262. The number of hydrogen-bond acceptors (Lipinski definition) is 5. The van der Waals surface area contributed by atoms with Crippen molar-refractivity contribution in [1.29, 1.82) is 0 Å². The second-order valence-corrected chi connectivity index (χ2v) is 7.54. The third kappa shape index (κ3) is 5.51. The summed E-state index contributed by atoms with van der Waals surface area (Å²) in [7, 11) is 0. The van der Waals surface area contributed by atoms with Crippen LogP contribution in [0.15, 0.2) is 55.0 Å². The van der Waals surface area contributed by atoms with Crippen molar-refractivity contribution >= 4 is 42.1 Å². The number of aromatic nitrogens is 2. The number of benzene rings is 1. The molecule has 1 amide bonds. The molecule has 9 heteroatoms. The molecule has 1 saturated heterocycles. The molecule has 1 atom stereocenters. The number of carbonyl (C=O) groups is 1. The van der Waals surface area contributed by atoms with Gasteiger partial charge in [-0.1, -0.05) is 18.2 Å². The minimum absolute atomic E-state index is 0. The zero-order valence-corrected chi connectivity index (χ0v) is 17.9. The van der Waals surface area contributed by atoms with Crippen molar-refractivity contribution in [2.24, 2.45) is 0 Å². The van der Waals surface area contributed by atoms with Gasteiger partial charge in [0.2, 0.25) is 0 Å². The highest BCUT2D eigenvalue weighted by molar-refractivity contribution is 7.13. The van der Waals surface area contributed by atoms with Gasteiger partial charge in [0.05, 0.1) is 17.2 Å². The summed E-state index contributed by atoms with van der Waals surface area (Å²) < 4.78 is 13.0. The van der Waals surface area contributed by atoms with E-state index in [4.69, 9.17) is 0 Å². The molecule has 4 rings (SSSR count). The van der Waals surface area contributed by atoms with Crippen molar-refractivity contribution < 1.29 is 9.18 Å². The van der Waals surface area contributed by atoms with Gasteiger partial charge in [-0.3, -0.25) is 9.78 Å². The lowest BCUT2D eigenvalue weighted by Gasteiger charge is -2.36. The van der Waals surface area contributed by atoms with Crippen molar-refractivity contribution in [2.45, 2.75) is 12.5 Å². The van der Waals surface area contributed by atoms with Gasteiger partial charge in [-0.15, -0.1) is 36.2 Å². The lowest BCUT2D eigenvalue weighted by molar-refractivity contribution is 0.0639. The molecule has 1 unspecified atom stereocenters. The first-order chi connectivity index (χ1) is 13.2. The van der Waals surface area contributed by atoms with E-state index in [9.17, 15) is 9.18 Å². The van der Waals surface area contributed by atoms with Gasteiger partial charge in [-0.2, -0.15) is 0 Å². The first-order valence-electron chi connectivity index (χ1n) is 8.81. The Labute approximate surface area is 185 Å². The number of halogens is 3. The number of pyridine rings is 1. The number of nitrogens with one attached hydrogen (secondary N) is 1. The Morgan fingerprint density at radius 2 is 2.00 bits per heavy atom. The summed E-state index contributed by atoms with van der Waals surface area (Å²) in [6, 6.07) is 10.2. The van der Waals surface area contributed by atoms with Crippen molar-refractivity contribution in [3.8, 4) is 0 Å². The van der Waals surface area contributed by atoms with Crippen LogP contribution in [0.4, 0.5) is 4.39 Å². The molecule has 5 nitrogen and oxygen atoms in total. The van der Waals surface area contributed by atoms with Crippen LogP contribution >= 0.6 is 36.2 Å². The fourth-order valence-corrected chi connectivity index (χ4v) is 4.14. The van der Waals surface area contributed by atoms with Gasteiger partial charge in [0.15, 0.2) is 0 Å². The molecule has 3 heterocycles. The zero-order chi connectivity index (χ0) is 18.6. The van der Waals surface area contributed by atoms with E-state index in [2.05, 4.69) is 15.3 Å². The van der Waals surface area contributed by atoms with Crippen LogP contribution in [-0.2, 0) is 6.42 Å². The van der Waals surface area contributed by atoms with E-state index in [-0.39, 0.29) is 42.6 Å². The normalized spacial score (nSPS) is 15.9. The number of piperazine rings is 1. The summed E-state index contributed by atoms with van der Waals surface area (Å²) in [6.45, 7) is 2.12. The number of nitrogens with zero attached hydrogens (tertiary/aromatic N) is 3. The van der Waals surface area contributed by atoms with Crippen LogP contribution in [-0.4, -0.2) is 40.4 Å². The molecule has 0 saturated carbocycles. The summed E-state index contributed by atoms with van der Waals surface area (Å²) >= 11 is 1.40. The molecule has 1 N–H and O–H groups in total. The van der Waals surface area contributed by atoms with Crippen molar-refractivity contribution in [1.82, 2.24) is 20.2 Å². The van der Waals surface area contributed by atoms with Gasteiger partial charge in [-0.25, -0.2) is 9.37 Å². The first kappa shape index (κ1) is 23.2. The number of carbonyl (C=O) groups excluding carboxylic acids is 1. The largest absolute Gasteiger partial charge is 0.328 e. The average Bonchev–Trinajstić information content (AvgIpc) is 3.18. The summed E-state index contributed by atoms with van der Waals surface area (Å²) in [5.41, 5.74) is 1.99. The van der Waals surface area contributed by atoms with E-state index in [0.29, 0.717) is 24.4 Å². The topological polar surface area (TPSA) is 58.1 Å². The molecule has 2 aromatic heterocycles. The number of amides is 1. The number of rotatable bonds is 4. The third-order valence-electron chi connectivity index (χ3n) is 4.61. The Hall–Kier alpha value is -2.06. The van der Waals surface area contributed by atoms with Crippen LogP contribution in [0.5, 0.6) is 0 Å². The molecular weight excluding hydrogens is 434 g/mol. The molecule has 0 bridgehead atoms. The van der Waals surface area contributed by atoms with Crippen molar-refractivity contribution in [2.75, 3.05) is 19.6 Å². The molecular formula is C20H21Cl2FN4OS. The minimum atomic E-state index is -0.256. The Bertz CT molecular complexity index is 924. The zero-order valence-electron chi connectivity index (χ0n) is 15.5. The van der Waals surface area contributed by atoms with Gasteiger partial charge < -0.3 is 10.2 Å². The highest BCUT2D eigenvalue weighted by Crippen LogP contribution is 2.26. The van der Waals surface area contributed by atoms with Crippen LogP contribution in [0.25, 0.3) is 0 Å². The first-order valence-corrected chi connectivity index (χ1v) is 9.63. The van der Waals surface area contributed by atoms with Gasteiger partial charge in [0.25, 0.3) is 5.91 Å². The Morgan fingerprint density at radius 3 is 2.72 bits per heavy atom. The van der Waals surface area contributed by atoms with Gasteiger partial charge in [0, 0.05) is 38.4 Å². The van der Waals surface area contributed by atoms with Crippen molar-refractivity contribution in [3.63, 3.8) is 0 Å². The molecule has 154 valence electrons. The predicted molar refractivity (Wildman–Crippen MR) is 117 cm³/mol. The summed E-state index contributed by atoms with van der Waals surface area (Å²) in [4.78, 5) is 24.2. The lowest BCUT2D eigenvalue weighted by atomic mass is 10.1. The van der Waals surface area contributed by atoms with E-state index < -0.39 is 0 Å². The van der Waals surface area contributed by atoms with Gasteiger partial charge in [-0.05, 0) is 29.3 Å². The highest BCUT2D eigenvalue weighted by Gasteiger charge is 2.29. The van der Waals surface area contributed by atoms with Crippen LogP contribution in [0.2, 0.25) is 0 Å². The maximum Gasteiger partial charge on any atom is 0.266 e. The molecule has 0 aliphatic carbocycles. The van der Waals surface area contributed by atoms with E-state index >= 15 is 0 Å². The van der Waals surface area contributed by atoms with Crippen LogP contribution in [0.1, 0.15) is 31.8 Å². The predicted octanol–water partition coefficient (Wildman–Crippen LogP) is 3.90. The molecule has 1 aliphatic rings. The van der Waals surface area contributed by atoms with Crippen LogP contribution < -0.4 is 5.32 Å². The Morgan fingerprint density at radius 1 is 1.21 bits per heavy atom. The van der Waals surface area contributed by atoms with Crippen LogP contribution in [0.3, 0.4) is 0 Å². The summed E-state index contributed by atoms with van der Waals surface area (Å²) in [5, 5.41) is 4.19. The molecule has 1 fully saturated rings. The highest BCUT2D eigenvalue weighted by atomic mass is 35.5. The molecule has 1 aromatic carbocycles. The second kappa shape index (κ2) is 10.6. The standard InChI is InChI=1S/C20H19FN4OS.2ClH/c21-16-5-3-14(4-6-16)10-19-24-13-18(27-19)20(26)25-9-8-23-12-17(25)15-2-1-7-22-11-15;;/h1-7,11,13,17,23H,8-10,12H2;2*1H. The minimum Gasteiger partial charge on any atom is -0.328 e. The SMILES string of the molecule is Cl.Cl.O=C(c1cnc(Cc2ccc(F)cc2)s1)N1CCNCC1c1cccnc1. The van der Waals surface area contributed by atoms with Gasteiger partial charge in [0.1, 0.15) is 10.7 Å². The number of hydrogen-bond donors (Lipinski definition) is 1. The Kier molecular flexibility index (Phi) is 8.52. The number of thiazole rings is 1. The molecule has 0 spiro atoms. The van der Waals surface area contributed by atoms with Crippen molar-refractivity contribution in [3.05, 3.63) is 81.8 Å². The third-order valence-corrected chi connectivity index (χ3v) is 5.59. The monoisotopic (exact) mass is 454 g/mol. The summed E-state index contributed by atoms with van der Waals surface area (Å²) in [6.07, 6.45) is 5.78. The van der Waals surface area contributed by atoms with E-state index in [1.807, 2.05) is 23.2 Å². The second-order valence-electron chi connectivity index (χ2n) is 6.43. The Balaban J connectivity index is 0.00000150. The van der Waals surface area contributed by atoms with E-state index in [1.54, 1.807) is 24.5 Å². The quantitative estimate of drug-likeness (QED) is 0.649. The molecule has 1 aliphatic heterocycles. The maximum atomic E-state index is 13.1. The smallest absolute Gasteiger partial charge is 0.266 e. The fourth-order valence-electron chi connectivity index (χ4n) is 3.23. The van der Waals surface area contributed by atoms with Crippen LogP contribution in [0, 0.1) is 5.82 Å². The molecule has 0 radical (unpaired) electrons. The van der Waals surface area contributed by atoms with E-state index in [1.165, 1.54) is 23.5 Å². The van der Waals surface area contributed by atoms with E-state index in [0.717, 1.165) is 22.7 Å². The average molecular weight is 455 g/mol.